The number of nitriles is 1. The summed E-state index contributed by atoms with van der Waals surface area (Å²) in [7, 11) is 0.509. The van der Waals surface area contributed by atoms with Crippen LogP contribution in [-0.2, 0) is 17.5 Å². The van der Waals surface area contributed by atoms with Crippen LogP contribution in [0.15, 0.2) is 35.0 Å². The van der Waals surface area contributed by atoms with Gasteiger partial charge in [-0.2, -0.15) is 5.26 Å². The molecule has 0 spiro atoms. The number of anilines is 2. The number of pyridine rings is 2. The van der Waals surface area contributed by atoms with Crippen LogP contribution in [0.5, 0.6) is 0 Å². The molecule has 0 fully saturated rings. The molecule has 0 saturated heterocycles. The van der Waals surface area contributed by atoms with Gasteiger partial charge < -0.3 is 14.7 Å². The van der Waals surface area contributed by atoms with Gasteiger partial charge in [0.1, 0.15) is 34.2 Å². The fraction of sp³-hybridized carbons (Fsp3) is 0.211. The van der Waals surface area contributed by atoms with Gasteiger partial charge in [-0.15, -0.1) is 10.2 Å². The van der Waals surface area contributed by atoms with Gasteiger partial charge in [0.05, 0.1) is 11.3 Å². The van der Waals surface area contributed by atoms with E-state index in [-0.39, 0.29) is 0 Å². The molecule has 1 unspecified atom stereocenters. The summed E-state index contributed by atoms with van der Waals surface area (Å²) in [6, 6.07) is 7.69. The van der Waals surface area contributed by atoms with Crippen LogP contribution in [0.25, 0.3) is 22.6 Å². The van der Waals surface area contributed by atoms with Crippen molar-refractivity contribution >= 4 is 33.5 Å². The Hall–Kier alpha value is -3.78. The van der Waals surface area contributed by atoms with Crippen molar-refractivity contribution in [3.63, 3.8) is 0 Å². The lowest BCUT2D eigenvalue weighted by Gasteiger charge is -2.18. The number of hydrogen-bond donors (Lipinski definition) is 2. The maximum Gasteiger partial charge on any atom is 0.264 e. The number of H-pyrrole nitrogens is 1. The minimum Gasteiger partial charge on any atom is -0.420 e. The fourth-order valence-electron chi connectivity index (χ4n) is 3.03. The summed E-state index contributed by atoms with van der Waals surface area (Å²) in [6.07, 6.45) is 4.74. The molecule has 0 aliphatic rings. The molecule has 0 saturated carbocycles. The minimum absolute atomic E-state index is 0.344. The van der Waals surface area contributed by atoms with Crippen LogP contribution < -0.4 is 9.62 Å². The second-order valence-corrected chi connectivity index (χ2v) is 7.89. The van der Waals surface area contributed by atoms with E-state index in [4.69, 9.17) is 4.42 Å². The lowest BCUT2D eigenvalue weighted by molar-refractivity contribution is 0.531. The Morgan fingerprint density at radius 1 is 1.37 bits per heavy atom. The summed E-state index contributed by atoms with van der Waals surface area (Å²) >= 11 is 0. The summed E-state index contributed by atoms with van der Waals surface area (Å²) < 4.78 is 19.0. The third-order valence-electron chi connectivity index (χ3n) is 4.54. The van der Waals surface area contributed by atoms with Crippen LogP contribution >= 0.6 is 0 Å². The van der Waals surface area contributed by atoms with E-state index in [2.05, 4.69) is 36.5 Å². The van der Waals surface area contributed by atoms with E-state index < -0.39 is 11.0 Å². The lowest BCUT2D eigenvalue weighted by atomic mass is 10.1. The number of fused-ring (bicyclic) bond motifs is 1. The van der Waals surface area contributed by atoms with Gasteiger partial charge in [-0.25, -0.2) is 14.2 Å². The molecule has 0 bridgehead atoms. The molecule has 11 heteroatoms. The normalized spacial score (nSPS) is 11.9. The lowest BCUT2D eigenvalue weighted by Crippen LogP contribution is -2.22. The van der Waals surface area contributed by atoms with Crippen molar-refractivity contribution in [1.82, 2.24) is 25.1 Å². The van der Waals surface area contributed by atoms with Gasteiger partial charge in [0.2, 0.25) is 5.89 Å². The first kappa shape index (κ1) is 19.5. The average Bonchev–Trinajstić information content (AvgIpc) is 3.37. The van der Waals surface area contributed by atoms with Gasteiger partial charge in [0.25, 0.3) is 5.89 Å². The zero-order chi connectivity index (χ0) is 21.3. The van der Waals surface area contributed by atoms with Crippen molar-refractivity contribution in [3.05, 3.63) is 47.6 Å². The Morgan fingerprint density at radius 3 is 2.90 bits per heavy atom. The van der Waals surface area contributed by atoms with Crippen LogP contribution in [0, 0.1) is 18.3 Å². The Balaban J connectivity index is 1.72. The molecular formula is C19H18N8O2S. The van der Waals surface area contributed by atoms with Crippen LogP contribution in [0.3, 0.4) is 0 Å². The van der Waals surface area contributed by atoms with E-state index in [9.17, 15) is 9.47 Å². The van der Waals surface area contributed by atoms with E-state index >= 15 is 0 Å². The predicted molar refractivity (Wildman–Crippen MR) is 113 cm³/mol. The van der Waals surface area contributed by atoms with Gasteiger partial charge in [-0.1, -0.05) is 6.07 Å². The first-order valence-corrected chi connectivity index (χ1v) is 10.5. The standard InChI is InChI=1S/C19H18N8O2S/c1-11-25-26-19(29-11)15-7-14-16(13(8-20)10-23-17(14)24-15)22-9-12-5-4-6-21-18(12)27(2)30(3)28/h4-7,10H,9H2,1-3H3,(H2,22,23,24). The van der Waals surface area contributed by atoms with Gasteiger partial charge in [-0.3, -0.25) is 4.31 Å². The van der Waals surface area contributed by atoms with Crippen LogP contribution in [0.4, 0.5) is 11.5 Å². The summed E-state index contributed by atoms with van der Waals surface area (Å²) in [4.78, 5) is 11.8. The first-order chi connectivity index (χ1) is 14.5. The number of aryl methyl sites for hydroxylation is 1. The molecule has 4 rings (SSSR count). The van der Waals surface area contributed by atoms with Crippen molar-refractivity contribution in [2.75, 3.05) is 22.9 Å². The molecule has 152 valence electrons. The highest BCUT2D eigenvalue weighted by molar-refractivity contribution is 7.85. The maximum atomic E-state index is 11.9. The molecule has 0 aromatic carbocycles. The number of nitrogens with zero attached hydrogens (tertiary/aromatic N) is 6. The highest BCUT2D eigenvalue weighted by atomic mass is 32.2. The predicted octanol–water partition coefficient (Wildman–Crippen LogP) is 2.53. The Morgan fingerprint density at radius 2 is 2.20 bits per heavy atom. The maximum absolute atomic E-state index is 11.9. The molecule has 0 radical (unpaired) electrons. The highest BCUT2D eigenvalue weighted by Gasteiger charge is 2.17. The van der Waals surface area contributed by atoms with Gasteiger partial charge in [0.15, 0.2) is 0 Å². The summed E-state index contributed by atoms with van der Waals surface area (Å²) in [5, 5.41) is 21.5. The molecule has 4 aromatic heterocycles. The van der Waals surface area contributed by atoms with Crippen molar-refractivity contribution in [3.8, 4) is 17.7 Å². The molecule has 4 aromatic rings. The quantitative estimate of drug-likeness (QED) is 0.484. The van der Waals surface area contributed by atoms with Gasteiger partial charge >= 0.3 is 0 Å². The van der Waals surface area contributed by atoms with Crippen molar-refractivity contribution < 1.29 is 8.63 Å². The third-order valence-corrected chi connectivity index (χ3v) is 5.49. The van der Waals surface area contributed by atoms with Gasteiger partial charge in [-0.05, 0) is 12.1 Å². The second kappa shape index (κ2) is 7.92. The molecule has 1 atom stereocenters. The molecule has 2 N–H and O–H groups in total. The molecule has 10 nitrogen and oxygen atoms in total. The Labute approximate surface area is 174 Å². The summed E-state index contributed by atoms with van der Waals surface area (Å²) in [6.45, 7) is 2.09. The molecule has 4 heterocycles. The van der Waals surface area contributed by atoms with Crippen LogP contribution in [-0.4, -0.2) is 42.7 Å². The fourth-order valence-corrected chi connectivity index (χ4v) is 3.44. The third kappa shape index (κ3) is 3.60. The highest BCUT2D eigenvalue weighted by Crippen LogP contribution is 2.31. The van der Waals surface area contributed by atoms with Crippen molar-refractivity contribution in [2.45, 2.75) is 13.5 Å². The van der Waals surface area contributed by atoms with E-state index in [1.807, 2.05) is 18.2 Å². The SMILES string of the molecule is Cc1nnc(-c2cc3c(NCc4cccnc4N(C)S(C)=O)c(C#N)cnc3[nH]2)o1. The van der Waals surface area contributed by atoms with E-state index in [1.54, 1.807) is 30.7 Å². The number of rotatable bonds is 6. The minimum atomic E-state index is -1.21. The molecule has 0 aliphatic heterocycles. The van der Waals surface area contributed by atoms with E-state index in [0.29, 0.717) is 46.7 Å². The van der Waals surface area contributed by atoms with E-state index in [1.165, 1.54) is 6.20 Å². The topological polar surface area (TPSA) is 137 Å². The van der Waals surface area contributed by atoms with Crippen molar-refractivity contribution in [2.24, 2.45) is 0 Å². The Kier molecular flexibility index (Phi) is 5.16. The van der Waals surface area contributed by atoms with Crippen LogP contribution in [0.2, 0.25) is 0 Å². The number of aromatic nitrogens is 5. The monoisotopic (exact) mass is 422 g/mol. The zero-order valence-electron chi connectivity index (χ0n) is 16.5. The average molecular weight is 422 g/mol. The molecule has 0 aliphatic carbocycles. The molecular weight excluding hydrogens is 404 g/mol. The molecule has 0 amide bonds. The Bertz CT molecular complexity index is 1290. The summed E-state index contributed by atoms with van der Waals surface area (Å²) in [5.74, 6) is 1.40. The summed E-state index contributed by atoms with van der Waals surface area (Å²) in [5.41, 5.74) is 3.05. The van der Waals surface area contributed by atoms with Crippen LogP contribution in [0.1, 0.15) is 17.0 Å². The zero-order valence-corrected chi connectivity index (χ0v) is 17.3. The smallest absolute Gasteiger partial charge is 0.264 e. The molecule has 30 heavy (non-hydrogen) atoms. The van der Waals surface area contributed by atoms with E-state index in [0.717, 1.165) is 10.9 Å². The second-order valence-electron chi connectivity index (χ2n) is 6.49. The number of aromatic amines is 1. The first-order valence-electron chi connectivity index (χ1n) is 8.95. The number of nitrogens with one attached hydrogen (secondary N) is 2. The van der Waals surface area contributed by atoms with Crippen molar-refractivity contribution in [1.29, 1.82) is 5.26 Å². The largest absolute Gasteiger partial charge is 0.420 e. The number of hydrogen-bond acceptors (Lipinski definition) is 8. The van der Waals surface area contributed by atoms with Gasteiger partial charge in [0, 0.05) is 50.1 Å².